The van der Waals surface area contributed by atoms with Crippen molar-refractivity contribution in [3.63, 3.8) is 0 Å². The van der Waals surface area contributed by atoms with Gasteiger partial charge in [0.2, 0.25) is 0 Å². The molecule has 0 aliphatic rings. The summed E-state index contributed by atoms with van der Waals surface area (Å²) in [5, 5.41) is 3.82. The number of nitrogens with zero attached hydrogens (tertiary/aromatic N) is 1. The van der Waals surface area contributed by atoms with Gasteiger partial charge in [-0.15, -0.1) is 6.58 Å². The molecule has 0 aromatic heterocycles. The number of allylic oxidation sites excluding steroid dienone is 1. The predicted molar refractivity (Wildman–Crippen MR) is 59.4 cm³/mol. The van der Waals surface area contributed by atoms with Crippen LogP contribution in [0.1, 0.15) is 18.4 Å². The van der Waals surface area contributed by atoms with E-state index in [4.69, 9.17) is 4.84 Å². The number of oxime groups is 1. The van der Waals surface area contributed by atoms with Crippen molar-refractivity contribution >= 4 is 5.71 Å². The van der Waals surface area contributed by atoms with Gasteiger partial charge in [-0.2, -0.15) is 0 Å². The predicted octanol–water partition coefficient (Wildman–Crippen LogP) is 3.14. The third-order valence-electron chi connectivity index (χ3n) is 1.97. The van der Waals surface area contributed by atoms with E-state index >= 15 is 0 Å². The molecule has 0 aliphatic carbocycles. The number of halogens is 1. The number of hydrogen-bond donors (Lipinski definition) is 0. The molecule has 0 aliphatic heterocycles. The lowest BCUT2D eigenvalue weighted by molar-refractivity contribution is 0.212. The molecule has 0 heterocycles. The highest BCUT2D eigenvalue weighted by molar-refractivity contribution is 6.00. The Bertz CT molecular complexity index is 360. The van der Waals surface area contributed by atoms with E-state index in [0.29, 0.717) is 17.7 Å². The first kappa shape index (κ1) is 11.4. The minimum atomic E-state index is -0.280. The first-order valence-corrected chi connectivity index (χ1v) is 4.75. The first-order chi connectivity index (χ1) is 7.29. The second-order valence-corrected chi connectivity index (χ2v) is 3.03. The molecule has 15 heavy (non-hydrogen) atoms. The van der Waals surface area contributed by atoms with Crippen molar-refractivity contribution in [2.75, 3.05) is 7.11 Å². The Morgan fingerprint density at radius 3 is 2.87 bits per heavy atom. The summed E-state index contributed by atoms with van der Waals surface area (Å²) in [6, 6.07) is 6.53. The van der Waals surface area contributed by atoms with Gasteiger partial charge in [-0.3, -0.25) is 0 Å². The molecule has 1 aromatic carbocycles. The van der Waals surface area contributed by atoms with Crippen LogP contribution in [0.3, 0.4) is 0 Å². The highest BCUT2D eigenvalue weighted by Gasteiger charge is 2.08. The molecule has 0 unspecified atom stereocenters. The van der Waals surface area contributed by atoms with Crippen molar-refractivity contribution in [2.45, 2.75) is 12.8 Å². The lowest BCUT2D eigenvalue weighted by Gasteiger charge is -2.05. The maximum absolute atomic E-state index is 13.4. The highest BCUT2D eigenvalue weighted by atomic mass is 19.1. The molecule has 0 fully saturated rings. The average Bonchev–Trinajstić information content (AvgIpc) is 2.25. The highest BCUT2D eigenvalue weighted by Crippen LogP contribution is 2.12. The summed E-state index contributed by atoms with van der Waals surface area (Å²) in [6.07, 6.45) is 3.14. The van der Waals surface area contributed by atoms with E-state index in [1.54, 1.807) is 24.3 Å². The van der Waals surface area contributed by atoms with Crippen LogP contribution < -0.4 is 0 Å². The fraction of sp³-hybridized carbons (Fsp3) is 0.250. The summed E-state index contributed by atoms with van der Waals surface area (Å²) < 4.78 is 13.4. The molecule has 0 saturated carbocycles. The van der Waals surface area contributed by atoms with Crippen LogP contribution in [0.25, 0.3) is 0 Å². The smallest absolute Gasteiger partial charge is 0.132 e. The normalized spacial score (nSPS) is 11.2. The van der Waals surface area contributed by atoms with Gasteiger partial charge in [-0.25, -0.2) is 4.39 Å². The summed E-state index contributed by atoms with van der Waals surface area (Å²) in [5.41, 5.74) is 1.09. The van der Waals surface area contributed by atoms with Crippen molar-refractivity contribution in [1.29, 1.82) is 0 Å². The van der Waals surface area contributed by atoms with Crippen LogP contribution in [0.4, 0.5) is 4.39 Å². The van der Waals surface area contributed by atoms with Gasteiger partial charge >= 0.3 is 0 Å². The number of hydrogen-bond acceptors (Lipinski definition) is 2. The van der Waals surface area contributed by atoms with Crippen LogP contribution >= 0.6 is 0 Å². The molecule has 80 valence electrons. The van der Waals surface area contributed by atoms with E-state index in [1.165, 1.54) is 13.2 Å². The fourth-order valence-electron chi connectivity index (χ4n) is 1.27. The molecular weight excluding hydrogens is 193 g/mol. The maximum atomic E-state index is 13.4. The maximum Gasteiger partial charge on any atom is 0.132 e. The molecule has 0 radical (unpaired) electrons. The van der Waals surface area contributed by atoms with Gasteiger partial charge in [0.25, 0.3) is 0 Å². The molecule has 0 bridgehead atoms. The van der Waals surface area contributed by atoms with Gasteiger partial charge < -0.3 is 4.84 Å². The summed E-state index contributed by atoms with van der Waals surface area (Å²) in [7, 11) is 1.45. The molecule has 0 N–H and O–H groups in total. The van der Waals surface area contributed by atoms with Gasteiger partial charge in [0, 0.05) is 5.56 Å². The second-order valence-electron chi connectivity index (χ2n) is 3.03. The van der Waals surface area contributed by atoms with Crippen LogP contribution in [-0.4, -0.2) is 12.8 Å². The average molecular weight is 207 g/mol. The van der Waals surface area contributed by atoms with Crippen LogP contribution in [0, 0.1) is 5.82 Å². The minimum Gasteiger partial charge on any atom is -0.399 e. The van der Waals surface area contributed by atoms with Crippen molar-refractivity contribution in [1.82, 2.24) is 0 Å². The molecular formula is C12H14FNO. The van der Waals surface area contributed by atoms with E-state index in [2.05, 4.69) is 11.7 Å². The SMILES string of the molecule is C=CCCC(=NOC)c1ccccc1F. The first-order valence-electron chi connectivity index (χ1n) is 4.75. The zero-order valence-electron chi connectivity index (χ0n) is 8.74. The molecule has 1 aromatic rings. The Morgan fingerprint density at radius 1 is 1.53 bits per heavy atom. The number of benzene rings is 1. The second kappa shape index (κ2) is 5.96. The lowest BCUT2D eigenvalue weighted by Crippen LogP contribution is -2.04. The Labute approximate surface area is 89.1 Å². The molecule has 0 amide bonds. The van der Waals surface area contributed by atoms with Crippen LogP contribution in [0.15, 0.2) is 42.1 Å². The quantitative estimate of drug-likeness (QED) is 0.413. The van der Waals surface area contributed by atoms with E-state index in [-0.39, 0.29) is 5.82 Å². The molecule has 1 rings (SSSR count). The molecule has 0 spiro atoms. The summed E-state index contributed by atoms with van der Waals surface area (Å²) >= 11 is 0. The zero-order valence-corrected chi connectivity index (χ0v) is 8.74. The van der Waals surface area contributed by atoms with E-state index in [1.807, 2.05) is 0 Å². The van der Waals surface area contributed by atoms with Gasteiger partial charge in [0.15, 0.2) is 0 Å². The van der Waals surface area contributed by atoms with E-state index in [0.717, 1.165) is 6.42 Å². The largest absolute Gasteiger partial charge is 0.399 e. The molecule has 3 heteroatoms. The summed E-state index contributed by atoms with van der Waals surface area (Å²) in [5.74, 6) is -0.280. The Balaban J connectivity index is 2.94. The third kappa shape index (κ3) is 3.20. The minimum absolute atomic E-state index is 0.280. The van der Waals surface area contributed by atoms with Gasteiger partial charge in [-0.1, -0.05) is 29.4 Å². The third-order valence-corrected chi connectivity index (χ3v) is 1.97. The van der Waals surface area contributed by atoms with Crippen molar-refractivity contribution in [3.8, 4) is 0 Å². The Kier molecular flexibility index (Phi) is 4.54. The Hall–Kier alpha value is -1.64. The molecule has 0 atom stereocenters. The molecule has 0 saturated heterocycles. The van der Waals surface area contributed by atoms with E-state index in [9.17, 15) is 4.39 Å². The topological polar surface area (TPSA) is 21.6 Å². The van der Waals surface area contributed by atoms with Crippen molar-refractivity contribution in [2.24, 2.45) is 5.16 Å². The summed E-state index contributed by atoms with van der Waals surface area (Å²) in [4.78, 5) is 4.70. The van der Waals surface area contributed by atoms with Gasteiger partial charge in [0.05, 0.1) is 5.71 Å². The van der Waals surface area contributed by atoms with Crippen LogP contribution in [0.5, 0.6) is 0 Å². The number of rotatable bonds is 5. The fourth-order valence-corrected chi connectivity index (χ4v) is 1.27. The molecule has 2 nitrogen and oxygen atoms in total. The van der Waals surface area contributed by atoms with Crippen LogP contribution in [-0.2, 0) is 4.84 Å². The zero-order chi connectivity index (χ0) is 11.1. The van der Waals surface area contributed by atoms with E-state index < -0.39 is 0 Å². The summed E-state index contributed by atoms with van der Waals surface area (Å²) in [6.45, 7) is 3.62. The monoisotopic (exact) mass is 207 g/mol. The van der Waals surface area contributed by atoms with Crippen molar-refractivity contribution < 1.29 is 9.23 Å². The van der Waals surface area contributed by atoms with Crippen LogP contribution in [0.2, 0.25) is 0 Å². The van der Waals surface area contributed by atoms with Gasteiger partial charge in [-0.05, 0) is 18.9 Å². The lowest BCUT2D eigenvalue weighted by atomic mass is 10.1. The standard InChI is InChI=1S/C12H14FNO/c1-3-4-9-12(14-15-2)10-7-5-6-8-11(10)13/h3,5-8H,1,4,9H2,2H3. The van der Waals surface area contributed by atoms with Gasteiger partial charge in [0.1, 0.15) is 12.9 Å². The Morgan fingerprint density at radius 2 is 2.27 bits per heavy atom. The van der Waals surface area contributed by atoms with Crippen molar-refractivity contribution in [3.05, 3.63) is 48.3 Å².